The Labute approximate surface area is 169 Å². The van der Waals surface area contributed by atoms with Crippen molar-refractivity contribution in [1.29, 1.82) is 0 Å². The number of nitrogens with zero attached hydrogens (tertiary/aromatic N) is 3. The lowest BCUT2D eigenvalue weighted by Gasteiger charge is -2.28. The van der Waals surface area contributed by atoms with Crippen LogP contribution < -0.4 is 4.90 Å². The van der Waals surface area contributed by atoms with Gasteiger partial charge in [-0.15, -0.1) is 11.3 Å². The van der Waals surface area contributed by atoms with Crippen LogP contribution in [0.1, 0.15) is 5.56 Å². The van der Waals surface area contributed by atoms with Crippen LogP contribution in [-0.2, 0) is 21.3 Å². The van der Waals surface area contributed by atoms with Crippen LogP contribution in [0.25, 0.3) is 0 Å². The monoisotopic (exact) mass is 475 g/mol. The van der Waals surface area contributed by atoms with E-state index in [4.69, 9.17) is 4.74 Å². The summed E-state index contributed by atoms with van der Waals surface area (Å²) in [6.07, 6.45) is 0. The Morgan fingerprint density at radius 1 is 1.33 bits per heavy atom. The van der Waals surface area contributed by atoms with Crippen molar-refractivity contribution in [2.45, 2.75) is 11.4 Å². The van der Waals surface area contributed by atoms with Gasteiger partial charge in [0, 0.05) is 38.8 Å². The summed E-state index contributed by atoms with van der Waals surface area (Å²) in [4.78, 5) is 12.3. The van der Waals surface area contributed by atoms with E-state index in [-0.39, 0.29) is 23.7 Å². The molecule has 0 saturated carbocycles. The smallest absolute Gasteiger partial charge is 0.270 e. The second kappa shape index (κ2) is 8.23. The zero-order valence-corrected chi connectivity index (χ0v) is 17.7. The molecule has 0 radical (unpaired) electrons. The van der Waals surface area contributed by atoms with Crippen molar-refractivity contribution in [3.63, 3.8) is 0 Å². The van der Waals surface area contributed by atoms with Crippen LogP contribution >= 0.6 is 27.3 Å². The molecule has 2 heterocycles. The first-order chi connectivity index (χ1) is 12.8. The summed E-state index contributed by atoms with van der Waals surface area (Å²) in [7, 11) is -2.11. The molecule has 0 unspecified atom stereocenters. The molecule has 0 aliphatic carbocycles. The summed E-state index contributed by atoms with van der Waals surface area (Å²) in [6, 6.07) is 5.92. The number of rotatable bonds is 6. The molecule has 0 bridgehead atoms. The Bertz CT molecular complexity index is 941. The predicted molar refractivity (Wildman–Crippen MR) is 107 cm³/mol. The van der Waals surface area contributed by atoms with E-state index in [2.05, 4.69) is 15.9 Å². The fourth-order valence-corrected chi connectivity index (χ4v) is 5.72. The van der Waals surface area contributed by atoms with E-state index in [1.165, 1.54) is 16.4 Å². The number of thiophene rings is 1. The minimum Gasteiger partial charge on any atom is -0.379 e. The van der Waals surface area contributed by atoms with Crippen LogP contribution in [0.5, 0.6) is 0 Å². The van der Waals surface area contributed by atoms with Gasteiger partial charge in [-0.3, -0.25) is 10.1 Å². The van der Waals surface area contributed by atoms with Gasteiger partial charge >= 0.3 is 0 Å². The van der Waals surface area contributed by atoms with E-state index < -0.39 is 14.9 Å². The van der Waals surface area contributed by atoms with E-state index in [0.717, 1.165) is 15.4 Å². The molecule has 8 nitrogen and oxygen atoms in total. The summed E-state index contributed by atoms with van der Waals surface area (Å²) in [5, 5.41) is 13.2. The van der Waals surface area contributed by atoms with Crippen LogP contribution in [-0.4, -0.2) is 51.0 Å². The first kappa shape index (κ1) is 20.2. The highest BCUT2D eigenvalue weighted by Crippen LogP contribution is 2.33. The molecule has 2 aromatic rings. The third kappa shape index (κ3) is 4.49. The van der Waals surface area contributed by atoms with Crippen molar-refractivity contribution in [3.8, 4) is 0 Å². The minimum absolute atomic E-state index is 0.0598. The minimum atomic E-state index is -3.88. The van der Waals surface area contributed by atoms with Crippen molar-refractivity contribution in [1.82, 2.24) is 4.31 Å². The fraction of sp³-hybridized carbons (Fsp3) is 0.375. The molecule has 27 heavy (non-hydrogen) atoms. The van der Waals surface area contributed by atoms with E-state index in [1.54, 1.807) is 23.3 Å². The van der Waals surface area contributed by atoms with Crippen molar-refractivity contribution in [2.75, 3.05) is 38.3 Å². The number of ether oxygens (including phenoxy) is 1. The number of hydrogen-bond donors (Lipinski definition) is 0. The number of morpholine rings is 1. The molecule has 0 amide bonds. The van der Waals surface area contributed by atoms with Crippen LogP contribution in [0.2, 0.25) is 0 Å². The van der Waals surface area contributed by atoms with Crippen LogP contribution in [0.15, 0.2) is 38.3 Å². The highest BCUT2D eigenvalue weighted by atomic mass is 79.9. The Morgan fingerprint density at radius 3 is 2.63 bits per heavy atom. The predicted octanol–water partition coefficient (Wildman–Crippen LogP) is 3.08. The lowest BCUT2D eigenvalue weighted by Crippen LogP contribution is -2.41. The average molecular weight is 476 g/mol. The van der Waals surface area contributed by atoms with E-state index >= 15 is 0 Å². The highest BCUT2D eigenvalue weighted by Gasteiger charge is 2.31. The molecule has 0 spiro atoms. The molecular weight excluding hydrogens is 458 g/mol. The number of nitro groups is 1. The normalized spacial score (nSPS) is 15.6. The summed E-state index contributed by atoms with van der Waals surface area (Å²) in [5.74, 6) is 0. The Kier molecular flexibility index (Phi) is 6.16. The number of sulfonamides is 1. The Morgan fingerprint density at radius 2 is 2.04 bits per heavy atom. The van der Waals surface area contributed by atoms with Crippen molar-refractivity contribution in [2.24, 2.45) is 0 Å². The van der Waals surface area contributed by atoms with E-state index in [9.17, 15) is 18.5 Å². The van der Waals surface area contributed by atoms with Crippen molar-refractivity contribution in [3.05, 3.63) is 49.1 Å². The lowest BCUT2D eigenvalue weighted by atomic mass is 10.2. The summed E-state index contributed by atoms with van der Waals surface area (Å²) in [6.45, 7) is 1.55. The largest absolute Gasteiger partial charge is 0.379 e. The molecule has 3 rings (SSSR count). The lowest BCUT2D eigenvalue weighted by molar-refractivity contribution is -0.385. The second-order valence-corrected chi connectivity index (χ2v) is 10.2. The quantitative estimate of drug-likeness (QED) is 0.470. The van der Waals surface area contributed by atoms with Gasteiger partial charge in [-0.1, -0.05) is 0 Å². The maximum Gasteiger partial charge on any atom is 0.270 e. The zero-order valence-electron chi connectivity index (χ0n) is 14.5. The van der Waals surface area contributed by atoms with Crippen LogP contribution in [0, 0.1) is 10.1 Å². The number of non-ortho nitro benzene ring substituents is 1. The number of anilines is 1. The van der Waals surface area contributed by atoms with E-state index in [0.29, 0.717) is 25.4 Å². The van der Waals surface area contributed by atoms with E-state index in [1.807, 2.05) is 11.4 Å². The topological polar surface area (TPSA) is 93.0 Å². The molecule has 1 aliphatic rings. The molecular formula is C16H18BrN3O5S2. The maximum atomic E-state index is 13.2. The summed E-state index contributed by atoms with van der Waals surface area (Å²) in [5.41, 5.74) is 1.19. The molecule has 0 N–H and O–H groups in total. The fourth-order valence-electron chi connectivity index (χ4n) is 2.85. The number of halogens is 1. The molecule has 1 aliphatic heterocycles. The van der Waals surface area contributed by atoms with Gasteiger partial charge in [0.2, 0.25) is 10.0 Å². The Hall–Kier alpha value is -1.53. The first-order valence-electron chi connectivity index (χ1n) is 8.09. The SMILES string of the molecule is CN(Cc1csc(Br)c1)c1ccc([N+](=O)[O-])cc1S(=O)(=O)N1CCOCC1. The standard InChI is InChI=1S/C16H18BrN3O5S2/c1-18(10-12-8-16(17)26-11-12)14-3-2-13(20(21)22)9-15(14)27(23,24)19-4-6-25-7-5-19/h2-3,8-9,11H,4-7,10H2,1H3. The molecule has 1 aromatic heterocycles. The van der Waals surface area contributed by atoms with Gasteiger partial charge in [0.05, 0.1) is 27.6 Å². The van der Waals surface area contributed by atoms with Gasteiger partial charge < -0.3 is 9.64 Å². The van der Waals surface area contributed by atoms with Gasteiger partial charge in [0.1, 0.15) is 4.90 Å². The van der Waals surface area contributed by atoms with Crippen LogP contribution in [0.4, 0.5) is 11.4 Å². The highest BCUT2D eigenvalue weighted by molar-refractivity contribution is 9.11. The number of hydrogen-bond acceptors (Lipinski definition) is 7. The zero-order chi connectivity index (χ0) is 19.6. The molecule has 11 heteroatoms. The van der Waals surface area contributed by atoms with Gasteiger partial charge in [-0.05, 0) is 39.0 Å². The van der Waals surface area contributed by atoms with Crippen LogP contribution in [0.3, 0.4) is 0 Å². The molecule has 0 atom stereocenters. The third-order valence-corrected chi connectivity index (χ3v) is 7.68. The summed E-state index contributed by atoms with van der Waals surface area (Å²) < 4.78 is 33.8. The van der Waals surface area contributed by atoms with Crippen molar-refractivity contribution < 1.29 is 18.1 Å². The van der Waals surface area contributed by atoms with Gasteiger partial charge in [0.25, 0.3) is 5.69 Å². The number of nitro benzene ring substituents is 1. The number of benzene rings is 1. The first-order valence-corrected chi connectivity index (χ1v) is 11.2. The molecule has 146 valence electrons. The molecule has 1 saturated heterocycles. The second-order valence-electron chi connectivity index (χ2n) is 6.04. The third-order valence-electron chi connectivity index (χ3n) is 4.19. The average Bonchev–Trinajstić information content (AvgIpc) is 3.06. The van der Waals surface area contributed by atoms with Gasteiger partial charge in [-0.25, -0.2) is 8.42 Å². The van der Waals surface area contributed by atoms with Crippen molar-refractivity contribution >= 4 is 48.7 Å². The van der Waals surface area contributed by atoms with Gasteiger partial charge in [0.15, 0.2) is 0 Å². The molecule has 1 aromatic carbocycles. The Balaban J connectivity index is 2.01. The summed E-state index contributed by atoms with van der Waals surface area (Å²) >= 11 is 4.95. The van der Waals surface area contributed by atoms with Gasteiger partial charge in [-0.2, -0.15) is 4.31 Å². The molecule has 1 fully saturated rings. The maximum absolute atomic E-state index is 13.2.